The second-order valence-electron chi connectivity index (χ2n) is 8.75. The van der Waals surface area contributed by atoms with Gasteiger partial charge in [-0.3, -0.25) is 9.59 Å². The maximum atomic E-state index is 14.2. The van der Waals surface area contributed by atoms with Gasteiger partial charge in [-0.1, -0.05) is 26.2 Å². The maximum Gasteiger partial charge on any atom is 0.451 e. The van der Waals surface area contributed by atoms with Gasteiger partial charge in [-0.05, 0) is 24.5 Å². The van der Waals surface area contributed by atoms with Crippen LogP contribution in [0.15, 0.2) is 12.1 Å². The van der Waals surface area contributed by atoms with Crippen molar-refractivity contribution >= 4 is 11.8 Å². The maximum absolute atomic E-state index is 14.2. The van der Waals surface area contributed by atoms with Gasteiger partial charge in [0.1, 0.15) is 5.82 Å². The van der Waals surface area contributed by atoms with Crippen molar-refractivity contribution in [2.75, 3.05) is 6.54 Å². The van der Waals surface area contributed by atoms with Crippen LogP contribution < -0.4 is 5.32 Å². The molecule has 3 rings (SSSR count). The molecule has 0 bridgehead atoms. The summed E-state index contributed by atoms with van der Waals surface area (Å²) in [6.45, 7) is 1.57. The molecule has 1 atom stereocenters. The molecule has 0 saturated carbocycles. The van der Waals surface area contributed by atoms with E-state index in [2.05, 4.69) is 15.5 Å². The normalized spacial score (nSPS) is 14.5. The summed E-state index contributed by atoms with van der Waals surface area (Å²) in [5.74, 6) is -5.72. The lowest BCUT2D eigenvalue weighted by molar-refractivity contribution is -0.148. The van der Waals surface area contributed by atoms with Gasteiger partial charge in [-0.2, -0.15) is 13.2 Å². The highest BCUT2D eigenvalue weighted by atomic mass is 19.4. The van der Waals surface area contributed by atoms with Crippen molar-refractivity contribution in [2.45, 2.75) is 77.2 Å². The third kappa shape index (κ3) is 6.97. The van der Waals surface area contributed by atoms with Crippen molar-refractivity contribution in [2.24, 2.45) is 0 Å². The number of rotatable bonds is 10. The van der Waals surface area contributed by atoms with E-state index in [1.54, 1.807) is 0 Å². The van der Waals surface area contributed by atoms with Crippen LogP contribution in [0.2, 0.25) is 0 Å². The Kier molecular flexibility index (Phi) is 8.96. The van der Waals surface area contributed by atoms with Crippen LogP contribution in [0.25, 0.3) is 0 Å². The summed E-state index contributed by atoms with van der Waals surface area (Å²) >= 11 is 0. The van der Waals surface area contributed by atoms with E-state index in [1.165, 1.54) is 4.90 Å². The highest BCUT2D eigenvalue weighted by Crippen LogP contribution is 2.29. The molecule has 36 heavy (non-hydrogen) atoms. The van der Waals surface area contributed by atoms with Crippen LogP contribution >= 0.6 is 0 Å². The number of carbonyl (C=O) groups excluding carboxylic acids is 2. The van der Waals surface area contributed by atoms with E-state index in [0.29, 0.717) is 18.6 Å². The molecule has 7 nitrogen and oxygen atoms in total. The number of nitrogens with one attached hydrogen (secondary N) is 1. The Morgan fingerprint density at radius 1 is 1.03 bits per heavy atom. The first kappa shape index (κ1) is 27.5. The van der Waals surface area contributed by atoms with Crippen molar-refractivity contribution in [1.29, 1.82) is 0 Å². The van der Waals surface area contributed by atoms with Crippen LogP contribution in [0.4, 0.5) is 26.3 Å². The van der Waals surface area contributed by atoms with Crippen LogP contribution in [0, 0.1) is 17.5 Å². The Hall–Kier alpha value is -3.12. The summed E-state index contributed by atoms with van der Waals surface area (Å²) < 4.78 is 81.3. The minimum atomic E-state index is -4.68. The zero-order valence-corrected chi connectivity index (χ0v) is 19.7. The van der Waals surface area contributed by atoms with Crippen molar-refractivity contribution < 1.29 is 35.9 Å². The first-order valence-electron chi connectivity index (χ1n) is 11.7. The molecule has 0 fully saturated rings. The highest BCUT2D eigenvalue weighted by Gasteiger charge is 2.40. The van der Waals surface area contributed by atoms with E-state index in [9.17, 15) is 35.9 Å². The molecule has 0 spiro atoms. The Morgan fingerprint density at radius 2 is 1.75 bits per heavy atom. The number of halogens is 6. The first-order valence-corrected chi connectivity index (χ1v) is 11.7. The largest absolute Gasteiger partial charge is 0.451 e. The van der Waals surface area contributed by atoms with Crippen LogP contribution in [-0.2, 0) is 35.3 Å². The van der Waals surface area contributed by atoms with Crippen LogP contribution in [0.5, 0.6) is 0 Å². The van der Waals surface area contributed by atoms with E-state index in [1.807, 2.05) is 6.92 Å². The molecule has 0 aliphatic carbocycles. The van der Waals surface area contributed by atoms with E-state index in [0.717, 1.165) is 23.8 Å². The van der Waals surface area contributed by atoms with Gasteiger partial charge in [0.15, 0.2) is 17.5 Å². The molecular formula is C23H27F6N5O2. The van der Waals surface area contributed by atoms with Gasteiger partial charge in [0.05, 0.1) is 6.54 Å². The third-order valence-corrected chi connectivity index (χ3v) is 5.96. The van der Waals surface area contributed by atoms with Gasteiger partial charge in [0.25, 0.3) is 0 Å². The van der Waals surface area contributed by atoms with E-state index in [-0.39, 0.29) is 56.2 Å². The van der Waals surface area contributed by atoms with Crippen LogP contribution in [0.1, 0.15) is 62.7 Å². The van der Waals surface area contributed by atoms with E-state index >= 15 is 0 Å². The lowest BCUT2D eigenvalue weighted by atomic mass is 10.0. The van der Waals surface area contributed by atoms with Crippen molar-refractivity contribution in [3.63, 3.8) is 0 Å². The summed E-state index contributed by atoms with van der Waals surface area (Å²) in [5, 5.41) is 9.37. The van der Waals surface area contributed by atoms with Crippen molar-refractivity contribution in [3.05, 3.63) is 46.8 Å². The Balaban J connectivity index is 1.71. The molecule has 1 aromatic heterocycles. The molecular weight excluding hydrogens is 492 g/mol. The first-order chi connectivity index (χ1) is 17.0. The Bertz CT molecular complexity index is 1090. The number of hydrogen-bond donors (Lipinski definition) is 1. The van der Waals surface area contributed by atoms with Crippen molar-refractivity contribution in [3.8, 4) is 0 Å². The second kappa shape index (κ2) is 11.7. The summed E-state index contributed by atoms with van der Waals surface area (Å²) in [4.78, 5) is 26.7. The molecule has 198 valence electrons. The van der Waals surface area contributed by atoms with Gasteiger partial charge in [-0.25, -0.2) is 13.2 Å². The molecule has 2 amide bonds. The lowest BCUT2D eigenvalue weighted by Gasteiger charge is -2.29. The molecule has 1 aliphatic heterocycles. The smallest absolute Gasteiger partial charge is 0.353 e. The molecule has 0 saturated heterocycles. The lowest BCUT2D eigenvalue weighted by Crippen LogP contribution is -2.44. The fraction of sp³-hybridized carbons (Fsp3) is 0.565. The molecule has 1 aliphatic rings. The standard InChI is InChI=1S/C23H27F6N5O2/c1-2-3-4-5-6-20(35)30-15(9-14-10-17(25)18(26)12-16(14)24)11-21(36)33-7-8-34-19(13-33)31-32-22(34)23(27,28)29/h10,12,15H,2-9,11,13H2,1H3,(H,30,35)/t15-/m1/s1. The summed E-state index contributed by atoms with van der Waals surface area (Å²) in [5.41, 5.74) is -0.216. The number of aromatic nitrogens is 3. The Morgan fingerprint density at radius 3 is 2.44 bits per heavy atom. The molecule has 1 N–H and O–H groups in total. The average molecular weight is 519 g/mol. The molecule has 0 radical (unpaired) electrons. The van der Waals surface area contributed by atoms with E-state index < -0.39 is 41.4 Å². The summed E-state index contributed by atoms with van der Waals surface area (Å²) in [6.07, 6.45) is -1.73. The van der Waals surface area contributed by atoms with Crippen LogP contribution in [0.3, 0.4) is 0 Å². The zero-order chi connectivity index (χ0) is 26.5. The quantitative estimate of drug-likeness (QED) is 0.291. The summed E-state index contributed by atoms with van der Waals surface area (Å²) in [6, 6.07) is 0.129. The average Bonchev–Trinajstić information content (AvgIpc) is 3.24. The number of amides is 2. The predicted octanol–water partition coefficient (Wildman–Crippen LogP) is 4.14. The molecule has 13 heteroatoms. The fourth-order valence-electron chi connectivity index (χ4n) is 4.09. The number of hydrogen-bond acceptors (Lipinski definition) is 4. The highest BCUT2D eigenvalue weighted by molar-refractivity contribution is 5.80. The van der Waals surface area contributed by atoms with Gasteiger partial charge in [0, 0.05) is 38.0 Å². The molecule has 1 aromatic carbocycles. The molecule has 2 aromatic rings. The zero-order valence-electron chi connectivity index (χ0n) is 19.7. The number of carbonyl (C=O) groups is 2. The fourth-order valence-corrected chi connectivity index (χ4v) is 4.09. The molecule has 0 unspecified atom stereocenters. The predicted molar refractivity (Wildman–Crippen MR) is 116 cm³/mol. The van der Waals surface area contributed by atoms with Gasteiger partial charge in [0.2, 0.25) is 17.6 Å². The van der Waals surface area contributed by atoms with Crippen molar-refractivity contribution in [1.82, 2.24) is 25.0 Å². The number of nitrogens with zero attached hydrogens (tertiary/aromatic N) is 4. The van der Waals surface area contributed by atoms with Crippen LogP contribution in [-0.4, -0.2) is 44.1 Å². The third-order valence-electron chi connectivity index (χ3n) is 5.96. The SMILES string of the molecule is CCCCCCC(=O)N[C@@H](CC(=O)N1CCn2c(nnc2C(F)(F)F)C1)Cc1cc(F)c(F)cc1F. The molecule has 2 heterocycles. The minimum absolute atomic E-state index is 0.0370. The van der Waals surface area contributed by atoms with Gasteiger partial charge < -0.3 is 14.8 Å². The minimum Gasteiger partial charge on any atom is -0.353 e. The van der Waals surface area contributed by atoms with E-state index in [4.69, 9.17) is 0 Å². The topological polar surface area (TPSA) is 80.1 Å². The number of fused-ring (bicyclic) bond motifs is 1. The second-order valence-corrected chi connectivity index (χ2v) is 8.75. The van der Waals surface area contributed by atoms with Gasteiger partial charge in [-0.15, -0.1) is 10.2 Å². The van der Waals surface area contributed by atoms with Gasteiger partial charge >= 0.3 is 6.18 Å². The number of benzene rings is 1. The number of alkyl halides is 3. The Labute approximate surface area is 203 Å². The number of unbranched alkanes of at least 4 members (excludes halogenated alkanes) is 3. The summed E-state index contributed by atoms with van der Waals surface area (Å²) in [7, 11) is 0. The monoisotopic (exact) mass is 519 g/mol.